The number of aromatic nitrogens is 1. The summed E-state index contributed by atoms with van der Waals surface area (Å²) in [5.41, 5.74) is 4.61. The quantitative estimate of drug-likeness (QED) is 0.141. The molecule has 1 aromatic carbocycles. The van der Waals surface area contributed by atoms with Gasteiger partial charge in [-0.05, 0) is 43.7 Å². The van der Waals surface area contributed by atoms with Gasteiger partial charge in [0.05, 0.1) is 18.9 Å². The Morgan fingerprint density at radius 1 is 0.784 bits per heavy atom. The Kier molecular flexibility index (Phi) is 14.6. The molecule has 3 heteroatoms. The first kappa shape index (κ1) is 29.6. The molecule has 0 radical (unpaired) electrons. The minimum atomic E-state index is -0.284. The van der Waals surface area contributed by atoms with Crippen LogP contribution in [0, 0.1) is 5.92 Å². The van der Waals surface area contributed by atoms with Gasteiger partial charge in [-0.25, -0.2) is 0 Å². The van der Waals surface area contributed by atoms with E-state index in [0.717, 1.165) is 30.9 Å². The lowest BCUT2D eigenvalue weighted by Crippen LogP contribution is -2.27. The van der Waals surface area contributed by atoms with E-state index in [2.05, 4.69) is 49.9 Å². The SMILES string of the molecule is C=CCCCCCCCCC[C@H]1CO[C@H](c2ccc(-c3ccc(CCCCCCCC)cc3)nc2)OC1. The molecule has 2 heterocycles. The standard InChI is InChI=1S/C34H51NO2/c1-3-5-7-9-11-12-13-15-17-19-30-27-36-34(37-28-30)32-24-25-33(35-26-32)31-22-20-29(21-23-31)18-16-14-10-8-6-4-2/h3,20-26,30,34H,1,4-19,27-28H2,2H3/t30-,34-. The summed E-state index contributed by atoms with van der Waals surface area (Å²) in [7, 11) is 0. The van der Waals surface area contributed by atoms with Gasteiger partial charge in [0.25, 0.3) is 0 Å². The van der Waals surface area contributed by atoms with E-state index in [4.69, 9.17) is 14.5 Å². The van der Waals surface area contributed by atoms with Crippen LogP contribution in [0.1, 0.15) is 121 Å². The lowest BCUT2D eigenvalue weighted by atomic mass is 10.0. The van der Waals surface area contributed by atoms with Gasteiger partial charge in [0.15, 0.2) is 6.29 Å². The first-order valence-electron chi connectivity index (χ1n) is 15.2. The highest BCUT2D eigenvalue weighted by Crippen LogP contribution is 2.28. The summed E-state index contributed by atoms with van der Waals surface area (Å²) < 4.78 is 12.1. The molecule has 0 saturated carbocycles. The molecular weight excluding hydrogens is 454 g/mol. The molecule has 0 spiro atoms. The Bertz CT molecular complexity index is 837. The Morgan fingerprint density at radius 3 is 2.08 bits per heavy atom. The van der Waals surface area contributed by atoms with E-state index in [-0.39, 0.29) is 6.29 Å². The Labute approximate surface area is 227 Å². The molecule has 1 aromatic heterocycles. The van der Waals surface area contributed by atoms with Crippen LogP contribution in [0.4, 0.5) is 0 Å². The fraction of sp³-hybridized carbons (Fsp3) is 0.618. The summed E-state index contributed by atoms with van der Waals surface area (Å²) in [5, 5.41) is 0. The average molecular weight is 506 g/mol. The Hall–Kier alpha value is -1.97. The topological polar surface area (TPSA) is 31.4 Å². The minimum absolute atomic E-state index is 0.284. The number of pyridine rings is 1. The number of aryl methyl sites for hydroxylation is 1. The molecule has 0 amide bonds. The highest BCUT2D eigenvalue weighted by atomic mass is 16.7. The van der Waals surface area contributed by atoms with Crippen LogP contribution < -0.4 is 0 Å². The smallest absolute Gasteiger partial charge is 0.185 e. The minimum Gasteiger partial charge on any atom is -0.348 e. The highest BCUT2D eigenvalue weighted by Gasteiger charge is 2.23. The van der Waals surface area contributed by atoms with Gasteiger partial charge >= 0.3 is 0 Å². The van der Waals surface area contributed by atoms with Crippen LogP contribution in [0.15, 0.2) is 55.3 Å². The maximum Gasteiger partial charge on any atom is 0.185 e. The largest absolute Gasteiger partial charge is 0.348 e. The predicted octanol–water partition coefficient (Wildman–Crippen LogP) is 10.0. The van der Waals surface area contributed by atoms with Crippen LogP contribution in [0.3, 0.4) is 0 Å². The number of ether oxygens (including phenoxy) is 2. The van der Waals surface area contributed by atoms with Gasteiger partial charge in [0.1, 0.15) is 0 Å². The number of benzene rings is 1. The second-order valence-electron chi connectivity index (χ2n) is 10.9. The Morgan fingerprint density at radius 2 is 1.43 bits per heavy atom. The van der Waals surface area contributed by atoms with Gasteiger partial charge in [-0.1, -0.05) is 114 Å². The van der Waals surface area contributed by atoms with Crippen LogP contribution in [0.2, 0.25) is 0 Å². The van der Waals surface area contributed by atoms with Crippen molar-refractivity contribution in [1.29, 1.82) is 0 Å². The lowest BCUT2D eigenvalue weighted by Gasteiger charge is -2.29. The molecule has 0 aliphatic carbocycles. The Balaban J connectivity index is 1.31. The summed E-state index contributed by atoms with van der Waals surface area (Å²) in [6, 6.07) is 13.1. The molecule has 0 unspecified atom stereocenters. The van der Waals surface area contributed by atoms with E-state index < -0.39 is 0 Å². The fourth-order valence-electron chi connectivity index (χ4n) is 5.17. The maximum absolute atomic E-state index is 6.07. The number of unbranched alkanes of at least 4 members (excludes halogenated alkanes) is 12. The molecule has 1 aliphatic rings. The molecule has 1 aliphatic heterocycles. The van der Waals surface area contributed by atoms with Crippen molar-refractivity contribution in [3.8, 4) is 11.3 Å². The van der Waals surface area contributed by atoms with E-state index in [1.54, 1.807) is 0 Å². The molecule has 0 atom stereocenters. The van der Waals surface area contributed by atoms with Crippen molar-refractivity contribution in [2.45, 2.75) is 116 Å². The van der Waals surface area contributed by atoms with Crippen molar-refractivity contribution in [1.82, 2.24) is 4.98 Å². The van der Waals surface area contributed by atoms with Crippen LogP contribution >= 0.6 is 0 Å². The predicted molar refractivity (Wildman–Crippen MR) is 157 cm³/mol. The monoisotopic (exact) mass is 505 g/mol. The molecule has 1 fully saturated rings. The molecule has 0 bridgehead atoms. The van der Waals surface area contributed by atoms with Crippen molar-refractivity contribution in [2.75, 3.05) is 13.2 Å². The van der Waals surface area contributed by atoms with Crippen molar-refractivity contribution in [3.63, 3.8) is 0 Å². The molecular formula is C34H51NO2. The number of hydrogen-bond donors (Lipinski definition) is 0. The van der Waals surface area contributed by atoms with Crippen molar-refractivity contribution in [2.24, 2.45) is 5.92 Å². The van der Waals surface area contributed by atoms with Gasteiger partial charge in [-0.3, -0.25) is 4.98 Å². The van der Waals surface area contributed by atoms with E-state index >= 15 is 0 Å². The van der Waals surface area contributed by atoms with Crippen LogP contribution in [0.5, 0.6) is 0 Å². The highest BCUT2D eigenvalue weighted by molar-refractivity contribution is 5.59. The summed E-state index contributed by atoms with van der Waals surface area (Å²) in [6.45, 7) is 7.64. The average Bonchev–Trinajstić information content (AvgIpc) is 2.95. The van der Waals surface area contributed by atoms with Crippen LogP contribution in [-0.4, -0.2) is 18.2 Å². The molecule has 204 valence electrons. The van der Waals surface area contributed by atoms with Gasteiger partial charge in [0.2, 0.25) is 0 Å². The second kappa shape index (κ2) is 18.3. The van der Waals surface area contributed by atoms with Gasteiger partial charge in [-0.2, -0.15) is 0 Å². The fourth-order valence-corrected chi connectivity index (χ4v) is 5.17. The lowest BCUT2D eigenvalue weighted by molar-refractivity contribution is -0.206. The van der Waals surface area contributed by atoms with Gasteiger partial charge < -0.3 is 9.47 Å². The van der Waals surface area contributed by atoms with E-state index in [1.807, 2.05) is 12.3 Å². The maximum atomic E-state index is 6.07. The zero-order chi connectivity index (χ0) is 26.0. The van der Waals surface area contributed by atoms with E-state index in [0.29, 0.717) is 5.92 Å². The number of allylic oxidation sites excluding steroid dienone is 1. The third kappa shape index (κ3) is 11.5. The third-order valence-electron chi connectivity index (χ3n) is 7.61. The van der Waals surface area contributed by atoms with Crippen LogP contribution in [0.25, 0.3) is 11.3 Å². The van der Waals surface area contributed by atoms with Gasteiger partial charge in [0, 0.05) is 23.2 Å². The number of rotatable bonds is 19. The summed E-state index contributed by atoms with van der Waals surface area (Å²) in [5.74, 6) is 0.519. The van der Waals surface area contributed by atoms with Crippen molar-refractivity contribution >= 4 is 0 Å². The summed E-state index contributed by atoms with van der Waals surface area (Å²) in [6.07, 6.45) is 24.6. The molecule has 2 aromatic rings. The third-order valence-corrected chi connectivity index (χ3v) is 7.61. The summed E-state index contributed by atoms with van der Waals surface area (Å²) in [4.78, 5) is 4.71. The molecule has 37 heavy (non-hydrogen) atoms. The van der Waals surface area contributed by atoms with Gasteiger partial charge in [-0.15, -0.1) is 6.58 Å². The van der Waals surface area contributed by atoms with Crippen molar-refractivity contribution in [3.05, 3.63) is 66.4 Å². The van der Waals surface area contributed by atoms with Crippen molar-refractivity contribution < 1.29 is 9.47 Å². The number of hydrogen-bond acceptors (Lipinski definition) is 3. The first-order chi connectivity index (χ1) is 18.3. The summed E-state index contributed by atoms with van der Waals surface area (Å²) >= 11 is 0. The zero-order valence-corrected chi connectivity index (χ0v) is 23.5. The van der Waals surface area contributed by atoms with E-state index in [9.17, 15) is 0 Å². The molecule has 3 nitrogen and oxygen atoms in total. The number of nitrogens with zero attached hydrogens (tertiary/aromatic N) is 1. The normalized spacial score (nSPS) is 17.6. The second-order valence-corrected chi connectivity index (χ2v) is 10.9. The molecule has 3 rings (SSSR count). The van der Waals surface area contributed by atoms with E-state index in [1.165, 1.54) is 107 Å². The molecule has 1 saturated heterocycles. The van der Waals surface area contributed by atoms with Crippen LogP contribution in [-0.2, 0) is 15.9 Å². The zero-order valence-electron chi connectivity index (χ0n) is 23.5. The first-order valence-corrected chi connectivity index (χ1v) is 15.2. The molecule has 0 N–H and O–H groups in total.